The Hall–Kier alpha value is -1.04. The Labute approximate surface area is 117 Å². The molecule has 2 atom stereocenters. The zero-order chi connectivity index (χ0) is 14.0. The first kappa shape index (κ1) is 14.4. The molecular weight excluding hydrogens is 262 g/mol. The fraction of sp³-hybridized carbons (Fsp3) is 0.769. The molecular formula is C13H21N3O2S. The maximum atomic E-state index is 10.7. The number of hydrogen-bond donors (Lipinski definition) is 1. The number of rotatable bonds is 5. The number of hydrogen-bond acceptors (Lipinski definition) is 4. The van der Waals surface area contributed by atoms with E-state index in [0.29, 0.717) is 12.0 Å². The molecule has 5 nitrogen and oxygen atoms in total. The van der Waals surface area contributed by atoms with Crippen molar-refractivity contribution in [2.45, 2.75) is 57.1 Å². The topological polar surface area (TPSA) is 68.0 Å². The van der Waals surface area contributed by atoms with Crippen molar-refractivity contribution in [2.24, 2.45) is 5.92 Å². The Bertz CT molecular complexity index is 459. The number of carboxylic acid groups (broad SMARTS) is 1. The zero-order valence-corrected chi connectivity index (χ0v) is 12.5. The lowest BCUT2D eigenvalue weighted by molar-refractivity contribution is -0.133. The van der Waals surface area contributed by atoms with Gasteiger partial charge in [0.25, 0.3) is 0 Å². The van der Waals surface area contributed by atoms with Crippen LogP contribution in [-0.2, 0) is 4.79 Å². The van der Waals surface area contributed by atoms with E-state index in [2.05, 4.69) is 35.5 Å². The lowest BCUT2D eigenvalue weighted by atomic mass is 10.1. The first-order valence-corrected chi connectivity index (χ1v) is 7.77. The highest BCUT2D eigenvalue weighted by Crippen LogP contribution is 2.38. The second kappa shape index (κ2) is 5.94. The molecule has 0 aliphatic heterocycles. The monoisotopic (exact) mass is 283 g/mol. The summed E-state index contributed by atoms with van der Waals surface area (Å²) in [4.78, 5) is 10.7. The first-order valence-electron chi connectivity index (χ1n) is 6.78. The van der Waals surface area contributed by atoms with Crippen LogP contribution in [0.4, 0.5) is 0 Å². The number of carboxylic acids is 1. The summed E-state index contributed by atoms with van der Waals surface area (Å²) in [6.07, 6.45) is 3.50. The Balaban J connectivity index is 2.25. The summed E-state index contributed by atoms with van der Waals surface area (Å²) in [7, 11) is 0. The molecule has 0 saturated heterocycles. The average molecular weight is 283 g/mol. The van der Waals surface area contributed by atoms with Crippen LogP contribution in [0.1, 0.15) is 57.8 Å². The molecule has 6 heteroatoms. The van der Waals surface area contributed by atoms with Crippen LogP contribution in [-0.4, -0.2) is 31.6 Å². The molecule has 1 heterocycles. The van der Waals surface area contributed by atoms with E-state index in [9.17, 15) is 4.79 Å². The number of thioether (sulfide) groups is 1. The highest BCUT2D eigenvalue weighted by atomic mass is 32.2. The minimum Gasteiger partial charge on any atom is -0.481 e. The molecule has 0 bridgehead atoms. The number of aliphatic carboxylic acids is 1. The van der Waals surface area contributed by atoms with Gasteiger partial charge in [-0.25, -0.2) is 0 Å². The normalized spacial score (nSPS) is 23.2. The maximum Gasteiger partial charge on any atom is 0.313 e. The van der Waals surface area contributed by atoms with Gasteiger partial charge in [0.15, 0.2) is 5.16 Å². The minimum atomic E-state index is -0.814. The molecule has 1 aliphatic rings. The lowest BCUT2D eigenvalue weighted by Crippen LogP contribution is -2.13. The van der Waals surface area contributed by atoms with Crippen LogP contribution in [0.2, 0.25) is 0 Å². The fourth-order valence-electron chi connectivity index (χ4n) is 2.66. The molecule has 1 aliphatic carbocycles. The predicted octanol–water partition coefficient (Wildman–Crippen LogP) is 2.94. The lowest BCUT2D eigenvalue weighted by Gasteiger charge is -2.18. The summed E-state index contributed by atoms with van der Waals surface area (Å²) in [5.41, 5.74) is 0. The van der Waals surface area contributed by atoms with Crippen LogP contribution in [0.25, 0.3) is 0 Å². The Morgan fingerprint density at radius 3 is 2.74 bits per heavy atom. The second-order valence-corrected chi connectivity index (χ2v) is 6.56. The standard InChI is InChI=1S/C13H21N3O2S/c1-8(2)12-14-15-13(19-7-11(17)18)16(12)10-5-4-9(3)6-10/h8-10H,4-7H2,1-3H3,(H,17,18). The first-order chi connectivity index (χ1) is 8.99. The molecule has 0 aromatic carbocycles. The molecule has 0 radical (unpaired) electrons. The van der Waals surface area contributed by atoms with Crippen molar-refractivity contribution in [1.29, 1.82) is 0 Å². The van der Waals surface area contributed by atoms with E-state index in [4.69, 9.17) is 5.11 Å². The highest BCUT2D eigenvalue weighted by Gasteiger charge is 2.28. The number of aromatic nitrogens is 3. The minimum absolute atomic E-state index is 0.0402. The molecule has 0 spiro atoms. The summed E-state index contributed by atoms with van der Waals surface area (Å²) in [6, 6.07) is 0.429. The van der Waals surface area contributed by atoms with E-state index in [1.165, 1.54) is 18.2 Å². The molecule has 1 fully saturated rings. The van der Waals surface area contributed by atoms with Gasteiger partial charge in [-0.15, -0.1) is 10.2 Å². The third-order valence-corrected chi connectivity index (χ3v) is 4.49. The summed E-state index contributed by atoms with van der Waals surface area (Å²) < 4.78 is 2.18. The van der Waals surface area contributed by atoms with Crippen molar-refractivity contribution in [3.63, 3.8) is 0 Å². The second-order valence-electron chi connectivity index (χ2n) is 5.62. The molecule has 106 valence electrons. The van der Waals surface area contributed by atoms with Crippen LogP contribution in [0, 0.1) is 5.92 Å². The van der Waals surface area contributed by atoms with Gasteiger partial charge >= 0.3 is 5.97 Å². The van der Waals surface area contributed by atoms with Crippen LogP contribution < -0.4 is 0 Å². The molecule has 1 aromatic heterocycles. The molecule has 1 saturated carbocycles. The van der Waals surface area contributed by atoms with Gasteiger partial charge in [-0.3, -0.25) is 4.79 Å². The summed E-state index contributed by atoms with van der Waals surface area (Å²) in [5, 5.41) is 18.0. The van der Waals surface area contributed by atoms with Crippen molar-refractivity contribution < 1.29 is 9.90 Å². The van der Waals surface area contributed by atoms with E-state index in [1.807, 2.05) is 0 Å². The molecule has 1 aromatic rings. The summed E-state index contributed by atoms with van der Waals surface area (Å²) in [6.45, 7) is 6.47. The Morgan fingerprint density at radius 1 is 1.47 bits per heavy atom. The van der Waals surface area contributed by atoms with E-state index in [-0.39, 0.29) is 5.75 Å². The van der Waals surface area contributed by atoms with Gasteiger partial charge in [0.05, 0.1) is 5.75 Å². The smallest absolute Gasteiger partial charge is 0.313 e. The summed E-state index contributed by atoms with van der Waals surface area (Å²) in [5.74, 6) is 1.24. The number of nitrogens with zero attached hydrogens (tertiary/aromatic N) is 3. The SMILES string of the molecule is CC1CCC(n2c(SCC(=O)O)nnc2C(C)C)C1. The van der Waals surface area contributed by atoms with Crippen molar-refractivity contribution in [3.05, 3.63) is 5.82 Å². The van der Waals surface area contributed by atoms with Crippen LogP contribution in [0.3, 0.4) is 0 Å². The van der Waals surface area contributed by atoms with Gasteiger partial charge in [0, 0.05) is 12.0 Å². The molecule has 2 rings (SSSR count). The van der Waals surface area contributed by atoms with Crippen LogP contribution in [0.5, 0.6) is 0 Å². The zero-order valence-electron chi connectivity index (χ0n) is 11.7. The Kier molecular flexibility index (Phi) is 4.50. The third-order valence-electron chi connectivity index (χ3n) is 3.56. The molecule has 19 heavy (non-hydrogen) atoms. The molecule has 2 unspecified atom stereocenters. The van der Waals surface area contributed by atoms with Crippen LogP contribution in [0.15, 0.2) is 5.16 Å². The van der Waals surface area contributed by atoms with Crippen LogP contribution >= 0.6 is 11.8 Å². The molecule has 0 amide bonds. The molecule has 1 N–H and O–H groups in total. The van der Waals surface area contributed by atoms with Crippen molar-refractivity contribution in [2.75, 3.05) is 5.75 Å². The van der Waals surface area contributed by atoms with Crippen molar-refractivity contribution in [1.82, 2.24) is 14.8 Å². The Morgan fingerprint density at radius 2 is 2.21 bits per heavy atom. The average Bonchev–Trinajstić information content (AvgIpc) is 2.91. The van der Waals surface area contributed by atoms with Gasteiger partial charge in [0.1, 0.15) is 5.82 Å². The number of carbonyl (C=O) groups is 1. The van der Waals surface area contributed by atoms with Gasteiger partial charge in [-0.1, -0.05) is 32.5 Å². The summed E-state index contributed by atoms with van der Waals surface area (Å²) >= 11 is 1.27. The van der Waals surface area contributed by atoms with E-state index < -0.39 is 5.97 Å². The van der Waals surface area contributed by atoms with Gasteiger partial charge < -0.3 is 9.67 Å². The van der Waals surface area contributed by atoms with Crippen molar-refractivity contribution in [3.8, 4) is 0 Å². The van der Waals surface area contributed by atoms with E-state index in [1.54, 1.807) is 0 Å². The van der Waals surface area contributed by atoms with Gasteiger partial charge in [0.2, 0.25) is 0 Å². The van der Waals surface area contributed by atoms with Gasteiger partial charge in [-0.2, -0.15) is 0 Å². The van der Waals surface area contributed by atoms with Gasteiger partial charge in [-0.05, 0) is 25.2 Å². The highest BCUT2D eigenvalue weighted by molar-refractivity contribution is 7.99. The third kappa shape index (κ3) is 3.29. The quantitative estimate of drug-likeness (QED) is 0.841. The predicted molar refractivity (Wildman–Crippen MR) is 74.5 cm³/mol. The van der Waals surface area contributed by atoms with E-state index in [0.717, 1.165) is 29.7 Å². The van der Waals surface area contributed by atoms with E-state index >= 15 is 0 Å². The fourth-order valence-corrected chi connectivity index (χ4v) is 3.39. The largest absolute Gasteiger partial charge is 0.481 e. The maximum absolute atomic E-state index is 10.7. The van der Waals surface area contributed by atoms with Crippen molar-refractivity contribution >= 4 is 17.7 Å².